The Morgan fingerprint density at radius 2 is 1.76 bits per heavy atom. The van der Waals surface area contributed by atoms with Gasteiger partial charge in [-0.2, -0.15) is 0 Å². The molecule has 3 amide bonds. The minimum absolute atomic E-state index is 0.258. The summed E-state index contributed by atoms with van der Waals surface area (Å²) in [5, 5.41) is 4.56. The number of hydrogen-bond acceptors (Lipinski definition) is 6. The van der Waals surface area contributed by atoms with E-state index in [9.17, 15) is 14.4 Å². The largest absolute Gasteiger partial charge is 0.452 e. The van der Waals surface area contributed by atoms with Gasteiger partial charge in [0.15, 0.2) is 6.61 Å². The predicted octanol–water partition coefficient (Wildman–Crippen LogP) is 1.64. The van der Waals surface area contributed by atoms with E-state index in [0.717, 1.165) is 17.8 Å². The van der Waals surface area contributed by atoms with Crippen LogP contribution in [-0.4, -0.2) is 41.0 Å². The van der Waals surface area contributed by atoms with Crippen LogP contribution in [0.2, 0.25) is 0 Å². The van der Waals surface area contributed by atoms with Crippen LogP contribution in [0.15, 0.2) is 18.2 Å². The second-order valence-electron chi connectivity index (χ2n) is 5.48. The van der Waals surface area contributed by atoms with E-state index < -0.39 is 24.5 Å². The lowest BCUT2D eigenvalue weighted by Crippen LogP contribution is -2.41. The molecule has 8 nitrogen and oxygen atoms in total. The minimum atomic E-state index is -0.700. The Morgan fingerprint density at radius 1 is 1.08 bits per heavy atom. The Morgan fingerprint density at radius 3 is 2.44 bits per heavy atom. The van der Waals surface area contributed by atoms with Crippen LogP contribution < -0.4 is 10.6 Å². The van der Waals surface area contributed by atoms with E-state index in [1.165, 1.54) is 0 Å². The molecule has 0 fully saturated rings. The van der Waals surface area contributed by atoms with Crippen molar-refractivity contribution < 1.29 is 19.1 Å². The van der Waals surface area contributed by atoms with Crippen molar-refractivity contribution in [3.63, 3.8) is 0 Å². The van der Waals surface area contributed by atoms with Gasteiger partial charge in [0.25, 0.3) is 5.91 Å². The van der Waals surface area contributed by atoms with Gasteiger partial charge in [0.05, 0.1) is 28.0 Å². The first-order valence-corrected chi connectivity index (χ1v) is 7.90. The summed E-state index contributed by atoms with van der Waals surface area (Å²) < 4.78 is 4.92. The molecule has 1 heterocycles. The van der Waals surface area contributed by atoms with Crippen LogP contribution in [0.25, 0.3) is 11.0 Å². The lowest BCUT2D eigenvalue weighted by Gasteiger charge is -2.07. The number of esters is 1. The third-order valence-electron chi connectivity index (χ3n) is 3.43. The van der Waals surface area contributed by atoms with Crippen molar-refractivity contribution in [2.75, 3.05) is 13.2 Å². The summed E-state index contributed by atoms with van der Waals surface area (Å²) >= 11 is 0. The number of urea groups is 1. The lowest BCUT2D eigenvalue weighted by molar-refractivity contribution is -0.123. The average Bonchev–Trinajstić information content (AvgIpc) is 2.58. The molecule has 0 saturated carbocycles. The summed E-state index contributed by atoms with van der Waals surface area (Å²) in [5.74, 6) is -1.37. The monoisotopic (exact) mass is 344 g/mol. The molecular formula is C17H20N4O4. The zero-order valence-corrected chi connectivity index (χ0v) is 14.4. The SMILES string of the molecule is CCCNC(=O)NC(=O)COC(=O)c1ccc2nc(C)c(C)nc2c1. The van der Waals surface area contributed by atoms with Gasteiger partial charge < -0.3 is 10.1 Å². The van der Waals surface area contributed by atoms with Gasteiger partial charge in [-0.3, -0.25) is 10.1 Å². The normalized spacial score (nSPS) is 10.4. The summed E-state index contributed by atoms with van der Waals surface area (Å²) in [7, 11) is 0. The van der Waals surface area contributed by atoms with Crippen LogP contribution in [0.3, 0.4) is 0 Å². The zero-order valence-electron chi connectivity index (χ0n) is 14.4. The van der Waals surface area contributed by atoms with Crippen LogP contribution >= 0.6 is 0 Å². The summed E-state index contributed by atoms with van der Waals surface area (Å²) in [5.41, 5.74) is 3.09. The van der Waals surface area contributed by atoms with E-state index in [-0.39, 0.29) is 5.56 Å². The standard InChI is InChI=1S/C17H20N4O4/c1-4-7-18-17(24)21-15(22)9-25-16(23)12-5-6-13-14(8-12)20-11(3)10(2)19-13/h5-6,8H,4,7,9H2,1-3H3,(H2,18,21,22,24). The van der Waals surface area contributed by atoms with Crippen LogP contribution in [0.1, 0.15) is 35.1 Å². The Labute approximate surface area is 145 Å². The number of ether oxygens (including phenoxy) is 1. The fourth-order valence-electron chi connectivity index (χ4n) is 2.02. The molecule has 132 valence electrons. The second-order valence-corrected chi connectivity index (χ2v) is 5.48. The van der Waals surface area contributed by atoms with Crippen molar-refractivity contribution in [1.82, 2.24) is 20.6 Å². The van der Waals surface area contributed by atoms with Crippen molar-refractivity contribution in [2.24, 2.45) is 0 Å². The maximum atomic E-state index is 12.1. The van der Waals surface area contributed by atoms with Crippen LogP contribution in [0.5, 0.6) is 0 Å². The molecule has 0 unspecified atom stereocenters. The average molecular weight is 344 g/mol. The highest BCUT2D eigenvalue weighted by atomic mass is 16.5. The highest BCUT2D eigenvalue weighted by Crippen LogP contribution is 2.15. The van der Waals surface area contributed by atoms with Crippen molar-refractivity contribution in [2.45, 2.75) is 27.2 Å². The molecule has 0 aliphatic rings. The Balaban J connectivity index is 1.96. The van der Waals surface area contributed by atoms with E-state index in [1.807, 2.05) is 20.8 Å². The fraction of sp³-hybridized carbons (Fsp3) is 0.353. The molecule has 25 heavy (non-hydrogen) atoms. The predicted molar refractivity (Wildman–Crippen MR) is 91.1 cm³/mol. The Hall–Kier alpha value is -3.03. The molecule has 1 aromatic heterocycles. The van der Waals surface area contributed by atoms with Gasteiger partial charge >= 0.3 is 12.0 Å². The molecule has 0 aliphatic carbocycles. The number of hydrogen-bond donors (Lipinski definition) is 2. The molecule has 0 aliphatic heterocycles. The summed E-state index contributed by atoms with van der Waals surface area (Å²) in [6.45, 7) is 5.49. The molecule has 8 heteroatoms. The number of carbonyl (C=O) groups excluding carboxylic acids is 3. The van der Waals surface area contributed by atoms with E-state index in [1.54, 1.807) is 18.2 Å². The van der Waals surface area contributed by atoms with Crippen molar-refractivity contribution in [3.05, 3.63) is 35.2 Å². The van der Waals surface area contributed by atoms with Gasteiger partial charge in [-0.1, -0.05) is 6.92 Å². The van der Waals surface area contributed by atoms with Crippen LogP contribution in [0.4, 0.5) is 4.79 Å². The summed E-state index contributed by atoms with van der Waals surface area (Å²) in [6, 6.07) is 4.17. The zero-order chi connectivity index (χ0) is 18.4. The van der Waals surface area contributed by atoms with Crippen molar-refractivity contribution in [1.29, 1.82) is 0 Å². The minimum Gasteiger partial charge on any atom is -0.452 e. The number of fused-ring (bicyclic) bond motifs is 1. The van der Waals surface area contributed by atoms with Gasteiger partial charge in [0.1, 0.15) is 0 Å². The first kappa shape index (κ1) is 18.3. The molecule has 0 bridgehead atoms. The molecule has 0 saturated heterocycles. The maximum absolute atomic E-state index is 12.1. The number of aryl methyl sites for hydroxylation is 2. The van der Waals surface area contributed by atoms with Crippen LogP contribution in [-0.2, 0) is 9.53 Å². The number of rotatable bonds is 5. The first-order valence-electron chi connectivity index (χ1n) is 7.90. The van der Waals surface area contributed by atoms with Crippen molar-refractivity contribution in [3.8, 4) is 0 Å². The maximum Gasteiger partial charge on any atom is 0.338 e. The van der Waals surface area contributed by atoms with Gasteiger partial charge in [-0.15, -0.1) is 0 Å². The summed E-state index contributed by atoms with van der Waals surface area (Å²) in [6.07, 6.45) is 0.750. The number of nitrogens with one attached hydrogen (secondary N) is 2. The van der Waals surface area contributed by atoms with Gasteiger partial charge in [-0.25, -0.2) is 19.6 Å². The molecule has 1 aromatic carbocycles. The number of amides is 3. The van der Waals surface area contributed by atoms with Crippen molar-refractivity contribution >= 4 is 28.9 Å². The highest BCUT2D eigenvalue weighted by molar-refractivity contribution is 5.98. The van der Waals surface area contributed by atoms with E-state index in [4.69, 9.17) is 4.74 Å². The first-order chi connectivity index (χ1) is 11.9. The number of nitrogens with zero attached hydrogens (tertiary/aromatic N) is 2. The topological polar surface area (TPSA) is 110 Å². The quantitative estimate of drug-likeness (QED) is 0.798. The van der Waals surface area contributed by atoms with E-state index in [2.05, 4.69) is 20.6 Å². The number of imide groups is 1. The smallest absolute Gasteiger partial charge is 0.338 e. The third kappa shape index (κ3) is 4.97. The molecule has 2 aromatic rings. The lowest BCUT2D eigenvalue weighted by atomic mass is 10.2. The Bertz CT molecular complexity index is 820. The number of carbonyl (C=O) groups is 3. The van der Waals surface area contributed by atoms with Gasteiger partial charge in [0.2, 0.25) is 0 Å². The van der Waals surface area contributed by atoms with Crippen LogP contribution in [0, 0.1) is 13.8 Å². The van der Waals surface area contributed by atoms with Gasteiger partial charge in [-0.05, 0) is 38.5 Å². The fourth-order valence-corrected chi connectivity index (χ4v) is 2.02. The molecular weight excluding hydrogens is 324 g/mol. The number of benzene rings is 1. The highest BCUT2D eigenvalue weighted by Gasteiger charge is 2.13. The second kappa shape index (κ2) is 8.18. The molecule has 0 radical (unpaired) electrons. The Kier molecular flexibility index (Phi) is 5.99. The molecule has 2 rings (SSSR count). The van der Waals surface area contributed by atoms with Gasteiger partial charge in [0, 0.05) is 6.54 Å². The van der Waals surface area contributed by atoms with E-state index in [0.29, 0.717) is 17.6 Å². The van der Waals surface area contributed by atoms with E-state index >= 15 is 0 Å². The molecule has 0 spiro atoms. The summed E-state index contributed by atoms with van der Waals surface area (Å²) in [4.78, 5) is 43.7. The molecule has 2 N–H and O–H groups in total. The number of aromatic nitrogens is 2. The third-order valence-corrected chi connectivity index (χ3v) is 3.43. The molecule has 0 atom stereocenters.